The summed E-state index contributed by atoms with van der Waals surface area (Å²) in [5, 5.41) is 8.63. The van der Waals surface area contributed by atoms with Crippen LogP contribution in [0.2, 0.25) is 0 Å². The van der Waals surface area contributed by atoms with Gasteiger partial charge in [0.1, 0.15) is 0 Å². The summed E-state index contributed by atoms with van der Waals surface area (Å²) in [6.07, 6.45) is 2.18. The molecule has 1 fully saturated rings. The standard InChI is InChI=1S/C16H17BrN2O.ClH/c17-14-6-5-11-8-13(4-3-12(11)9-14)16(20)19-15-2-1-7-18-10-15;/h3-6,8-9,15,18H,1-2,7,10H2,(H,19,20);1H. The zero-order valence-corrected chi connectivity index (χ0v) is 14.0. The zero-order valence-electron chi connectivity index (χ0n) is 11.6. The highest BCUT2D eigenvalue weighted by molar-refractivity contribution is 9.10. The van der Waals surface area contributed by atoms with E-state index in [2.05, 4.69) is 32.6 Å². The van der Waals surface area contributed by atoms with Gasteiger partial charge in [0.2, 0.25) is 0 Å². The monoisotopic (exact) mass is 368 g/mol. The van der Waals surface area contributed by atoms with E-state index in [0.717, 1.165) is 46.7 Å². The molecule has 1 aliphatic rings. The summed E-state index contributed by atoms with van der Waals surface area (Å²) in [6, 6.07) is 12.2. The number of fused-ring (bicyclic) bond motifs is 1. The average Bonchev–Trinajstić information content (AvgIpc) is 2.47. The second-order valence-electron chi connectivity index (χ2n) is 5.22. The Morgan fingerprint density at radius 2 is 1.95 bits per heavy atom. The number of piperidine rings is 1. The molecule has 21 heavy (non-hydrogen) atoms. The third-order valence-corrected chi connectivity index (χ3v) is 4.19. The molecular formula is C16H18BrClN2O. The molecule has 3 rings (SSSR count). The van der Waals surface area contributed by atoms with Gasteiger partial charge in [-0.15, -0.1) is 12.4 Å². The van der Waals surface area contributed by atoms with Crippen molar-refractivity contribution < 1.29 is 4.79 Å². The highest BCUT2D eigenvalue weighted by atomic mass is 79.9. The van der Waals surface area contributed by atoms with Gasteiger partial charge in [-0.2, -0.15) is 0 Å². The fourth-order valence-corrected chi connectivity index (χ4v) is 2.98. The van der Waals surface area contributed by atoms with Crippen LogP contribution in [-0.4, -0.2) is 25.0 Å². The molecule has 1 atom stereocenters. The van der Waals surface area contributed by atoms with E-state index in [-0.39, 0.29) is 24.4 Å². The molecule has 0 aliphatic carbocycles. The first-order valence-electron chi connectivity index (χ1n) is 6.93. The minimum atomic E-state index is 0. The first kappa shape index (κ1) is 16.3. The van der Waals surface area contributed by atoms with Crippen molar-refractivity contribution in [2.24, 2.45) is 0 Å². The molecular weight excluding hydrogens is 352 g/mol. The minimum Gasteiger partial charge on any atom is -0.348 e. The van der Waals surface area contributed by atoms with Crippen LogP contribution in [-0.2, 0) is 0 Å². The summed E-state index contributed by atoms with van der Waals surface area (Å²) >= 11 is 3.46. The van der Waals surface area contributed by atoms with Crippen molar-refractivity contribution in [2.45, 2.75) is 18.9 Å². The summed E-state index contributed by atoms with van der Waals surface area (Å²) < 4.78 is 1.05. The first-order valence-corrected chi connectivity index (χ1v) is 7.72. The molecule has 0 saturated carbocycles. The lowest BCUT2D eigenvalue weighted by Crippen LogP contribution is -2.45. The lowest BCUT2D eigenvalue weighted by molar-refractivity contribution is 0.0931. The Kier molecular flexibility index (Phi) is 5.62. The predicted octanol–water partition coefficient (Wildman–Crippen LogP) is 3.51. The third-order valence-electron chi connectivity index (χ3n) is 3.70. The van der Waals surface area contributed by atoms with Gasteiger partial charge in [-0.25, -0.2) is 0 Å². The Balaban J connectivity index is 0.00000161. The van der Waals surface area contributed by atoms with E-state index >= 15 is 0 Å². The van der Waals surface area contributed by atoms with Gasteiger partial charge < -0.3 is 10.6 Å². The molecule has 0 radical (unpaired) electrons. The number of hydrogen-bond acceptors (Lipinski definition) is 2. The molecule has 0 bridgehead atoms. The molecule has 1 saturated heterocycles. The summed E-state index contributed by atoms with van der Waals surface area (Å²) in [6.45, 7) is 1.92. The van der Waals surface area contributed by atoms with Crippen LogP contribution in [0, 0.1) is 0 Å². The van der Waals surface area contributed by atoms with Crippen molar-refractivity contribution in [3.63, 3.8) is 0 Å². The van der Waals surface area contributed by atoms with Crippen molar-refractivity contribution >= 4 is 45.0 Å². The molecule has 2 aromatic carbocycles. The van der Waals surface area contributed by atoms with Gasteiger partial charge in [-0.1, -0.05) is 28.1 Å². The molecule has 0 spiro atoms. The van der Waals surface area contributed by atoms with E-state index in [1.807, 2.05) is 30.3 Å². The van der Waals surface area contributed by atoms with E-state index in [4.69, 9.17) is 0 Å². The largest absolute Gasteiger partial charge is 0.348 e. The van der Waals surface area contributed by atoms with E-state index < -0.39 is 0 Å². The molecule has 5 heteroatoms. The van der Waals surface area contributed by atoms with Crippen molar-refractivity contribution in [1.29, 1.82) is 0 Å². The average molecular weight is 370 g/mol. The van der Waals surface area contributed by atoms with Crippen LogP contribution in [0.1, 0.15) is 23.2 Å². The molecule has 1 heterocycles. The number of nitrogens with one attached hydrogen (secondary N) is 2. The molecule has 1 unspecified atom stereocenters. The Morgan fingerprint density at radius 1 is 1.19 bits per heavy atom. The fourth-order valence-electron chi connectivity index (χ4n) is 2.60. The minimum absolute atomic E-state index is 0. The number of carbonyl (C=O) groups is 1. The quantitative estimate of drug-likeness (QED) is 0.850. The van der Waals surface area contributed by atoms with Gasteiger partial charge in [0.05, 0.1) is 0 Å². The lowest BCUT2D eigenvalue weighted by Gasteiger charge is -2.23. The van der Waals surface area contributed by atoms with Crippen molar-refractivity contribution in [3.05, 3.63) is 46.4 Å². The lowest BCUT2D eigenvalue weighted by atomic mass is 10.0. The van der Waals surface area contributed by atoms with E-state index in [1.165, 1.54) is 0 Å². The van der Waals surface area contributed by atoms with E-state index in [1.54, 1.807) is 0 Å². The zero-order chi connectivity index (χ0) is 13.9. The van der Waals surface area contributed by atoms with Gasteiger partial charge in [0.25, 0.3) is 5.91 Å². The third kappa shape index (κ3) is 3.96. The van der Waals surface area contributed by atoms with Crippen molar-refractivity contribution in [3.8, 4) is 0 Å². The summed E-state index contributed by atoms with van der Waals surface area (Å²) in [5.74, 6) is 0.0171. The number of hydrogen-bond donors (Lipinski definition) is 2. The predicted molar refractivity (Wildman–Crippen MR) is 92.3 cm³/mol. The number of halogens is 2. The van der Waals surface area contributed by atoms with Crippen LogP contribution in [0.25, 0.3) is 10.8 Å². The number of carbonyl (C=O) groups excluding carboxylic acids is 1. The van der Waals surface area contributed by atoms with E-state index in [0.29, 0.717) is 0 Å². The molecule has 2 N–H and O–H groups in total. The van der Waals surface area contributed by atoms with Crippen molar-refractivity contribution in [1.82, 2.24) is 10.6 Å². The summed E-state index contributed by atoms with van der Waals surface area (Å²) in [4.78, 5) is 12.3. The van der Waals surface area contributed by atoms with Crippen LogP contribution >= 0.6 is 28.3 Å². The topological polar surface area (TPSA) is 41.1 Å². The summed E-state index contributed by atoms with van der Waals surface area (Å²) in [7, 11) is 0. The Hall–Kier alpha value is -1.10. The van der Waals surface area contributed by atoms with Crippen LogP contribution in [0.5, 0.6) is 0 Å². The van der Waals surface area contributed by atoms with Crippen molar-refractivity contribution in [2.75, 3.05) is 13.1 Å². The van der Waals surface area contributed by atoms with Gasteiger partial charge in [0.15, 0.2) is 0 Å². The number of benzene rings is 2. The molecule has 112 valence electrons. The molecule has 2 aromatic rings. The number of amides is 1. The Bertz CT molecular complexity index is 641. The normalized spacial score (nSPS) is 18.0. The SMILES string of the molecule is Cl.O=C(NC1CCCNC1)c1ccc2cc(Br)ccc2c1. The Morgan fingerprint density at radius 3 is 2.71 bits per heavy atom. The maximum atomic E-state index is 12.3. The smallest absolute Gasteiger partial charge is 0.251 e. The van der Waals surface area contributed by atoms with Gasteiger partial charge in [-0.3, -0.25) is 4.79 Å². The fraction of sp³-hybridized carbons (Fsp3) is 0.312. The van der Waals surface area contributed by atoms with Crippen LogP contribution in [0.15, 0.2) is 40.9 Å². The maximum Gasteiger partial charge on any atom is 0.251 e. The second kappa shape index (κ2) is 7.25. The summed E-state index contributed by atoms with van der Waals surface area (Å²) in [5.41, 5.74) is 0.727. The van der Waals surface area contributed by atoms with Crippen LogP contribution in [0.4, 0.5) is 0 Å². The van der Waals surface area contributed by atoms with E-state index in [9.17, 15) is 4.79 Å². The van der Waals surface area contributed by atoms with Crippen LogP contribution in [0.3, 0.4) is 0 Å². The number of rotatable bonds is 2. The second-order valence-corrected chi connectivity index (χ2v) is 6.14. The van der Waals surface area contributed by atoms with Gasteiger partial charge >= 0.3 is 0 Å². The first-order chi connectivity index (χ1) is 9.72. The highest BCUT2D eigenvalue weighted by Crippen LogP contribution is 2.21. The van der Waals surface area contributed by atoms with Crippen LogP contribution < -0.4 is 10.6 Å². The van der Waals surface area contributed by atoms with Gasteiger partial charge in [-0.05, 0) is 54.4 Å². The molecule has 1 amide bonds. The molecule has 0 aromatic heterocycles. The molecule has 3 nitrogen and oxygen atoms in total. The Labute approximate surface area is 139 Å². The van der Waals surface area contributed by atoms with Gasteiger partial charge in [0, 0.05) is 22.6 Å². The highest BCUT2D eigenvalue weighted by Gasteiger charge is 2.16. The maximum absolute atomic E-state index is 12.3. The molecule has 1 aliphatic heterocycles.